The summed E-state index contributed by atoms with van der Waals surface area (Å²) in [7, 11) is 0. The van der Waals surface area contributed by atoms with Gasteiger partial charge in [-0.1, -0.05) is 12.1 Å². The number of hydrogen-bond donors (Lipinski definition) is 5. The Labute approximate surface area is 190 Å². The molecule has 0 radical (unpaired) electrons. The highest BCUT2D eigenvalue weighted by Gasteiger charge is 2.28. The third-order valence-electron chi connectivity index (χ3n) is 5.12. The number of thiophene rings is 1. The van der Waals surface area contributed by atoms with Gasteiger partial charge >= 0.3 is 0 Å². The van der Waals surface area contributed by atoms with Gasteiger partial charge in [-0.2, -0.15) is 0 Å². The zero-order chi connectivity index (χ0) is 24.1. The van der Waals surface area contributed by atoms with Crippen LogP contribution in [-0.4, -0.2) is 15.3 Å². The van der Waals surface area contributed by atoms with Crippen molar-refractivity contribution >= 4 is 22.0 Å². The molecule has 0 aliphatic heterocycles. The van der Waals surface area contributed by atoms with E-state index in [1.54, 1.807) is 38.1 Å². The maximum Gasteiger partial charge on any atom is 0.139 e. The number of nitrogens with two attached hydrogens (primary N) is 1. The number of hydrogen-bond acceptors (Lipinski definition) is 6. The Bertz CT molecular complexity index is 1100. The maximum absolute atomic E-state index is 14.9. The smallest absolute Gasteiger partial charge is 0.139 e. The number of halogens is 2. The quantitative estimate of drug-likeness (QED) is 0.332. The van der Waals surface area contributed by atoms with Crippen LogP contribution in [0, 0.1) is 11.6 Å². The molecule has 0 saturated heterocycles. The van der Waals surface area contributed by atoms with Gasteiger partial charge in [-0.05, 0) is 76.1 Å². The third-order valence-corrected chi connectivity index (χ3v) is 6.19. The van der Waals surface area contributed by atoms with Crippen LogP contribution in [0.2, 0.25) is 0 Å². The molecule has 3 rings (SSSR count). The summed E-state index contributed by atoms with van der Waals surface area (Å²) >= 11 is 1.04. The van der Waals surface area contributed by atoms with E-state index in [0.29, 0.717) is 10.7 Å². The van der Waals surface area contributed by atoms with E-state index in [9.17, 15) is 24.1 Å². The molecule has 1 atom stereocenters. The molecule has 1 aromatic heterocycles. The van der Waals surface area contributed by atoms with Crippen molar-refractivity contribution in [3.63, 3.8) is 0 Å². The van der Waals surface area contributed by atoms with E-state index in [4.69, 9.17) is 5.73 Å². The lowest BCUT2D eigenvalue weighted by molar-refractivity contribution is 0.0659. The van der Waals surface area contributed by atoms with Crippen molar-refractivity contribution in [2.24, 2.45) is 5.73 Å². The topological polar surface area (TPSA) is 98.7 Å². The molecule has 3 aromatic rings. The van der Waals surface area contributed by atoms with Crippen molar-refractivity contribution < 1.29 is 24.1 Å². The molecule has 1 unspecified atom stereocenters. The fraction of sp³-hybridized carbons (Fsp3) is 0.333. The van der Waals surface area contributed by atoms with E-state index in [2.05, 4.69) is 5.32 Å². The average Bonchev–Trinajstić information content (AvgIpc) is 3.03. The Kier molecular flexibility index (Phi) is 6.23. The van der Waals surface area contributed by atoms with E-state index in [0.717, 1.165) is 29.0 Å². The van der Waals surface area contributed by atoms with Gasteiger partial charge < -0.3 is 20.6 Å². The largest absolute Gasteiger partial charge is 0.386 e. The molecule has 6 N–H and O–H groups in total. The summed E-state index contributed by atoms with van der Waals surface area (Å²) in [6, 6.07) is 10.7. The summed E-state index contributed by atoms with van der Waals surface area (Å²) < 4.78 is 29.7. The number of nitrogens with one attached hydrogen (secondary N) is 1. The molecular formula is C24H28F2N2O3S. The monoisotopic (exact) mass is 462 g/mol. The van der Waals surface area contributed by atoms with Crippen LogP contribution < -0.4 is 11.1 Å². The van der Waals surface area contributed by atoms with Crippen molar-refractivity contribution in [1.82, 2.24) is 0 Å². The second-order valence-corrected chi connectivity index (χ2v) is 10.2. The average molecular weight is 463 g/mol. The zero-order valence-corrected chi connectivity index (χ0v) is 19.4. The Balaban J connectivity index is 2.05. The van der Waals surface area contributed by atoms with Gasteiger partial charge in [0.05, 0.1) is 16.8 Å². The van der Waals surface area contributed by atoms with Crippen LogP contribution in [0.3, 0.4) is 0 Å². The minimum absolute atomic E-state index is 0.115. The highest BCUT2D eigenvalue weighted by molar-refractivity contribution is 7.19. The van der Waals surface area contributed by atoms with Crippen LogP contribution in [0.1, 0.15) is 51.3 Å². The summed E-state index contributed by atoms with van der Waals surface area (Å²) in [5.41, 5.74) is 3.25. The first-order chi connectivity index (χ1) is 14.6. The van der Waals surface area contributed by atoms with Crippen LogP contribution in [0.5, 0.6) is 0 Å². The Morgan fingerprint density at radius 2 is 1.31 bits per heavy atom. The first-order valence-electron chi connectivity index (χ1n) is 10.0. The fourth-order valence-electron chi connectivity index (χ4n) is 3.24. The lowest BCUT2D eigenvalue weighted by Gasteiger charge is -2.20. The van der Waals surface area contributed by atoms with E-state index in [1.807, 2.05) is 0 Å². The predicted molar refractivity (Wildman–Crippen MR) is 124 cm³/mol. The van der Waals surface area contributed by atoms with Crippen LogP contribution in [0.15, 0.2) is 42.5 Å². The molecule has 32 heavy (non-hydrogen) atoms. The van der Waals surface area contributed by atoms with Gasteiger partial charge in [0, 0.05) is 16.1 Å². The minimum atomic E-state index is -1.76. The highest BCUT2D eigenvalue weighted by Crippen LogP contribution is 2.43. The van der Waals surface area contributed by atoms with Gasteiger partial charge in [-0.3, -0.25) is 5.73 Å². The molecule has 0 aliphatic rings. The fourth-order valence-corrected chi connectivity index (χ4v) is 4.48. The van der Waals surface area contributed by atoms with Gasteiger partial charge in [0.25, 0.3) is 0 Å². The van der Waals surface area contributed by atoms with Crippen LogP contribution in [-0.2, 0) is 16.9 Å². The van der Waals surface area contributed by atoms with Gasteiger partial charge in [-0.15, -0.1) is 11.3 Å². The number of anilines is 2. The van der Waals surface area contributed by atoms with Gasteiger partial charge in [0.1, 0.15) is 22.4 Å². The molecule has 172 valence electrons. The first kappa shape index (κ1) is 24.3. The van der Waals surface area contributed by atoms with E-state index in [-0.39, 0.29) is 21.6 Å². The van der Waals surface area contributed by atoms with Crippen LogP contribution in [0.25, 0.3) is 10.4 Å². The zero-order valence-electron chi connectivity index (χ0n) is 18.6. The summed E-state index contributed by atoms with van der Waals surface area (Å²) in [4.78, 5) is 0.235. The van der Waals surface area contributed by atoms with E-state index < -0.39 is 28.6 Å². The second-order valence-electron chi connectivity index (χ2n) is 9.14. The summed E-state index contributed by atoms with van der Waals surface area (Å²) in [5.74, 6) is -1.65. The molecule has 0 spiro atoms. The van der Waals surface area contributed by atoms with Crippen molar-refractivity contribution in [3.05, 3.63) is 70.8 Å². The lowest BCUT2D eigenvalue weighted by atomic mass is 9.96. The Morgan fingerprint density at radius 1 is 0.812 bits per heavy atom. The Morgan fingerprint density at radius 3 is 1.75 bits per heavy atom. The number of rotatable bonds is 6. The third kappa shape index (κ3) is 5.16. The lowest BCUT2D eigenvalue weighted by Crippen LogP contribution is -2.32. The van der Waals surface area contributed by atoms with Crippen molar-refractivity contribution in [2.75, 3.05) is 5.32 Å². The van der Waals surface area contributed by atoms with Crippen LogP contribution in [0.4, 0.5) is 19.5 Å². The normalized spacial score (nSPS) is 14.3. The van der Waals surface area contributed by atoms with E-state index >= 15 is 0 Å². The molecule has 0 amide bonds. The molecule has 0 fully saturated rings. The number of aliphatic hydroxyl groups is 3. The van der Waals surface area contributed by atoms with Gasteiger partial charge in [0.2, 0.25) is 0 Å². The summed E-state index contributed by atoms with van der Waals surface area (Å²) in [6.45, 7) is 7.63. The second kappa shape index (κ2) is 8.20. The molecule has 2 aromatic carbocycles. The highest BCUT2D eigenvalue weighted by atomic mass is 32.1. The molecule has 0 bridgehead atoms. The number of benzene rings is 2. The molecule has 5 nitrogen and oxygen atoms in total. The van der Waals surface area contributed by atoms with Crippen molar-refractivity contribution in [2.45, 2.75) is 51.5 Å². The maximum atomic E-state index is 14.9. The van der Waals surface area contributed by atoms with Gasteiger partial charge in [0.15, 0.2) is 0 Å². The van der Waals surface area contributed by atoms with Gasteiger partial charge in [-0.25, -0.2) is 8.78 Å². The van der Waals surface area contributed by atoms with Crippen LogP contribution >= 0.6 is 11.3 Å². The summed E-state index contributed by atoms with van der Waals surface area (Å²) in [5, 5.41) is 34.2. The van der Waals surface area contributed by atoms with Crippen molar-refractivity contribution in [3.8, 4) is 10.4 Å². The standard InChI is InChI=1S/C24H28F2N2O3S/c1-22(2,29)13-6-8-15(9-7-13)28-21-16(24(5,27)31)12-19(32-21)20-17(25)10-14(11-18(20)26)23(3,4)30/h6-12,28-31H,27H2,1-5H3. The predicted octanol–water partition coefficient (Wildman–Crippen LogP) is 5.02. The molecule has 0 aliphatic carbocycles. The molecule has 0 saturated carbocycles. The Hall–Kier alpha value is -2.36. The minimum Gasteiger partial charge on any atom is -0.386 e. The first-order valence-corrected chi connectivity index (χ1v) is 10.9. The summed E-state index contributed by atoms with van der Waals surface area (Å²) in [6.07, 6.45) is 0. The van der Waals surface area contributed by atoms with Crippen molar-refractivity contribution in [1.29, 1.82) is 0 Å². The molecule has 8 heteroatoms. The SMILES string of the molecule is CC(C)(O)c1ccc(Nc2sc(-c3c(F)cc(C(C)(C)O)cc3F)cc2C(C)(N)O)cc1. The molecular weight excluding hydrogens is 434 g/mol. The van der Waals surface area contributed by atoms with E-state index in [1.165, 1.54) is 26.8 Å². The molecule has 1 heterocycles.